The van der Waals surface area contributed by atoms with Crippen LogP contribution in [0.4, 0.5) is 0 Å². The maximum absolute atomic E-state index is 6.41. The Hall–Kier alpha value is -14.8. The van der Waals surface area contributed by atoms with Crippen LogP contribution in [-0.2, 0) is 0 Å². The van der Waals surface area contributed by atoms with E-state index in [4.69, 9.17) is 17.7 Å². The fourth-order valence-corrected chi connectivity index (χ4v) is 18.1. The average Bonchev–Trinajstić information content (AvgIpc) is 1.07. The third-order valence-corrected chi connectivity index (χ3v) is 23.3. The van der Waals surface area contributed by atoms with Crippen LogP contribution in [0.1, 0.15) is 0 Å². The molecule has 0 N–H and O–H groups in total. The van der Waals surface area contributed by atoms with E-state index in [0.717, 1.165) is 110 Å². The molecular formula is C108H64O4. The molecule has 0 unspecified atom stereocenters. The first-order valence-corrected chi connectivity index (χ1v) is 38.3. The molecule has 0 amide bonds. The quantitative estimate of drug-likeness (QED) is 0.142. The van der Waals surface area contributed by atoms with E-state index < -0.39 is 0 Å². The van der Waals surface area contributed by atoms with E-state index >= 15 is 0 Å². The summed E-state index contributed by atoms with van der Waals surface area (Å²) in [5.74, 6) is 0. The van der Waals surface area contributed by atoms with Gasteiger partial charge < -0.3 is 17.7 Å². The summed E-state index contributed by atoms with van der Waals surface area (Å²) in [5, 5.41) is 23.6. The van der Waals surface area contributed by atoms with Crippen molar-refractivity contribution in [3.05, 3.63) is 388 Å². The summed E-state index contributed by atoms with van der Waals surface area (Å²) in [6, 6.07) is 140. The van der Waals surface area contributed by atoms with Crippen LogP contribution in [0.5, 0.6) is 0 Å². The monoisotopic (exact) mass is 1420 g/mol. The largest absolute Gasteiger partial charge is 0.456 e. The third-order valence-electron chi connectivity index (χ3n) is 23.3. The maximum atomic E-state index is 6.41. The Morgan fingerprint density at radius 2 is 0.411 bits per heavy atom. The second-order valence-electron chi connectivity index (χ2n) is 29.6. The molecule has 4 heteroatoms. The van der Waals surface area contributed by atoms with Crippen LogP contribution in [0.15, 0.2) is 406 Å². The lowest BCUT2D eigenvalue weighted by Crippen LogP contribution is -1.91. The van der Waals surface area contributed by atoms with Gasteiger partial charge in [0.1, 0.15) is 44.7 Å². The molecular weight excluding hydrogens is 1360 g/mol. The highest BCUT2D eigenvalue weighted by Gasteiger charge is 2.24. The standard InChI is InChI=1S/2C54H32O2/c1-2-12-33(13-3-1)35-28-26-34-27-29-36(31-37(34)30-35)52-42-18-8-16-38(40-20-10-24-50-53(40)44-14-4-6-22-48(44)55-50)46(42)32-47-39(17-9-19-43(47)52)41-21-11-25-51-54(41)45-15-5-7-23-49(45)56-51;1-2-10-33(11-3-1)35-22-20-34-21-23-38(29-39(34)28-35)54-44-16-8-14-40(36-24-26-52-48(30-36)42-12-4-6-18-50(42)55-52)46(44)32-47-41(15-9-17-45(47)54)37-25-27-53-49(31-37)43-13-5-7-19-51(43)56-53/h2*1-32H. The molecule has 112 heavy (non-hydrogen) atoms. The van der Waals surface area contributed by atoms with Gasteiger partial charge >= 0.3 is 0 Å². The maximum Gasteiger partial charge on any atom is 0.136 e. The lowest BCUT2D eigenvalue weighted by Gasteiger charge is -2.18. The molecule has 0 aliphatic rings. The molecule has 4 nitrogen and oxygen atoms in total. The molecule has 4 aromatic heterocycles. The SMILES string of the molecule is c1ccc(-c2ccc3ccc(-c4c5cccc(-c6ccc7oc8ccccc8c7c6)c5cc5c(-c6ccc7oc8ccccc8c7c6)cccc45)cc3c2)cc1.c1ccc(-c2ccc3ccc(-c4c5cccc(-c6cccc7oc8ccccc8c67)c5cc5c(-c6cccc7oc8ccccc8c67)cccc45)cc3c2)cc1. The van der Waals surface area contributed by atoms with Gasteiger partial charge in [-0.25, -0.2) is 0 Å². The van der Waals surface area contributed by atoms with Gasteiger partial charge in [0.25, 0.3) is 0 Å². The zero-order valence-corrected chi connectivity index (χ0v) is 60.6. The van der Waals surface area contributed by atoms with Crippen molar-refractivity contribution in [1.82, 2.24) is 0 Å². The van der Waals surface area contributed by atoms with Crippen molar-refractivity contribution in [3.8, 4) is 89.0 Å². The van der Waals surface area contributed by atoms with Crippen LogP contribution < -0.4 is 0 Å². The zero-order chi connectivity index (χ0) is 73.5. The van der Waals surface area contributed by atoms with Gasteiger partial charge in [-0.05, 0) is 251 Å². The first kappa shape index (κ1) is 63.3. The van der Waals surface area contributed by atoms with E-state index in [0.29, 0.717) is 0 Å². The summed E-state index contributed by atoms with van der Waals surface area (Å²) in [5.41, 5.74) is 26.3. The summed E-state index contributed by atoms with van der Waals surface area (Å²) in [7, 11) is 0. The Kier molecular flexibility index (Phi) is 14.3. The predicted molar refractivity (Wildman–Crippen MR) is 471 cm³/mol. The molecule has 0 bridgehead atoms. The molecule has 520 valence electrons. The van der Waals surface area contributed by atoms with Crippen molar-refractivity contribution in [2.75, 3.05) is 0 Å². The van der Waals surface area contributed by atoms with Crippen molar-refractivity contribution in [1.29, 1.82) is 0 Å². The lowest BCUT2D eigenvalue weighted by molar-refractivity contribution is 0.668. The first-order chi connectivity index (χ1) is 55.5. The molecule has 0 saturated heterocycles. The van der Waals surface area contributed by atoms with Crippen molar-refractivity contribution in [2.45, 2.75) is 0 Å². The van der Waals surface area contributed by atoms with Crippen molar-refractivity contribution in [3.63, 3.8) is 0 Å². The van der Waals surface area contributed by atoms with Gasteiger partial charge in [-0.3, -0.25) is 0 Å². The zero-order valence-electron chi connectivity index (χ0n) is 60.6. The first-order valence-electron chi connectivity index (χ1n) is 38.3. The van der Waals surface area contributed by atoms with Gasteiger partial charge in [0.05, 0.1) is 0 Å². The normalized spacial score (nSPS) is 11.9. The number of para-hydroxylation sites is 4. The number of benzene rings is 20. The van der Waals surface area contributed by atoms with Gasteiger partial charge in [-0.2, -0.15) is 0 Å². The van der Waals surface area contributed by atoms with E-state index in [-0.39, 0.29) is 0 Å². The van der Waals surface area contributed by atoms with Gasteiger partial charge in [0.15, 0.2) is 0 Å². The minimum Gasteiger partial charge on any atom is -0.456 e. The summed E-state index contributed by atoms with van der Waals surface area (Å²) >= 11 is 0. The summed E-state index contributed by atoms with van der Waals surface area (Å²) in [4.78, 5) is 0. The minimum absolute atomic E-state index is 0.893. The molecule has 0 aliphatic carbocycles. The lowest BCUT2D eigenvalue weighted by atomic mass is 9.85. The van der Waals surface area contributed by atoms with Crippen LogP contribution in [-0.4, -0.2) is 0 Å². The Balaban J connectivity index is 0.000000134. The summed E-state index contributed by atoms with van der Waals surface area (Å²) in [6.07, 6.45) is 0. The Morgan fingerprint density at radius 3 is 0.830 bits per heavy atom. The number of fused-ring (bicyclic) bond motifs is 18. The number of rotatable bonds is 8. The van der Waals surface area contributed by atoms with Gasteiger partial charge in [-0.1, -0.05) is 291 Å². The van der Waals surface area contributed by atoms with Crippen LogP contribution in [0.25, 0.3) is 241 Å². The fourth-order valence-electron chi connectivity index (χ4n) is 18.1. The second-order valence-corrected chi connectivity index (χ2v) is 29.6. The highest BCUT2D eigenvalue weighted by atomic mass is 16.3. The predicted octanol–water partition coefficient (Wildman–Crippen LogP) is 31.2. The van der Waals surface area contributed by atoms with E-state index in [2.05, 4.69) is 352 Å². The van der Waals surface area contributed by atoms with Crippen LogP contribution in [0, 0.1) is 0 Å². The van der Waals surface area contributed by atoms with Crippen LogP contribution in [0.3, 0.4) is 0 Å². The van der Waals surface area contributed by atoms with Crippen molar-refractivity contribution >= 4 is 152 Å². The molecule has 0 radical (unpaired) electrons. The molecule has 0 spiro atoms. The van der Waals surface area contributed by atoms with E-state index in [1.54, 1.807) is 0 Å². The topological polar surface area (TPSA) is 52.6 Å². The average molecular weight is 1430 g/mol. The van der Waals surface area contributed by atoms with E-state index in [1.807, 2.05) is 36.4 Å². The second kappa shape index (κ2) is 25.4. The molecule has 20 aromatic carbocycles. The Labute approximate surface area is 643 Å². The van der Waals surface area contributed by atoms with E-state index in [1.165, 1.54) is 131 Å². The van der Waals surface area contributed by atoms with Gasteiger partial charge in [0.2, 0.25) is 0 Å². The molecule has 4 heterocycles. The fraction of sp³-hybridized carbons (Fsp3) is 0. The van der Waals surface area contributed by atoms with Crippen molar-refractivity contribution in [2.24, 2.45) is 0 Å². The summed E-state index contributed by atoms with van der Waals surface area (Å²) < 4.78 is 25.3. The summed E-state index contributed by atoms with van der Waals surface area (Å²) in [6.45, 7) is 0. The highest BCUT2D eigenvalue weighted by molar-refractivity contribution is 6.25. The molecule has 0 saturated carbocycles. The molecule has 0 fully saturated rings. The van der Waals surface area contributed by atoms with Gasteiger partial charge in [-0.15, -0.1) is 0 Å². The van der Waals surface area contributed by atoms with Crippen molar-refractivity contribution < 1.29 is 17.7 Å². The molecule has 0 atom stereocenters. The Bertz CT molecular complexity index is 7660. The Morgan fingerprint density at radius 1 is 0.125 bits per heavy atom. The number of furan rings is 4. The molecule has 0 aliphatic heterocycles. The number of hydrogen-bond donors (Lipinski definition) is 0. The number of hydrogen-bond acceptors (Lipinski definition) is 4. The smallest absolute Gasteiger partial charge is 0.136 e. The third kappa shape index (κ3) is 10.2. The van der Waals surface area contributed by atoms with Crippen LogP contribution in [0.2, 0.25) is 0 Å². The minimum atomic E-state index is 0.893. The highest BCUT2D eigenvalue weighted by Crippen LogP contribution is 2.50. The van der Waals surface area contributed by atoms with E-state index in [9.17, 15) is 0 Å². The van der Waals surface area contributed by atoms with Crippen LogP contribution >= 0.6 is 0 Å². The molecule has 24 rings (SSSR count). The van der Waals surface area contributed by atoms with Gasteiger partial charge in [0, 0.05) is 43.1 Å². The molecule has 24 aromatic rings.